The smallest absolute Gasteiger partial charge is 0.326 e. The highest BCUT2D eigenvalue weighted by Gasteiger charge is 2.20. The van der Waals surface area contributed by atoms with Crippen LogP contribution in [0.1, 0.15) is 36.5 Å². The topological polar surface area (TPSA) is 52.6 Å². The number of hydrogen-bond donors (Lipinski definition) is 0. The van der Waals surface area contributed by atoms with E-state index in [0.717, 1.165) is 5.56 Å². The molecule has 0 fully saturated rings. The van der Waals surface area contributed by atoms with Gasteiger partial charge < -0.3 is 9.47 Å². The molecule has 0 aliphatic rings. The number of carbonyl (C=O) groups excluding carboxylic acids is 2. The second kappa shape index (κ2) is 10.1. The van der Waals surface area contributed by atoms with Gasteiger partial charge in [0.25, 0.3) is 0 Å². The van der Waals surface area contributed by atoms with Crippen LogP contribution in [0, 0.1) is 0 Å². The number of benzene rings is 2. The van der Waals surface area contributed by atoms with Gasteiger partial charge in [-0.25, -0.2) is 0 Å². The SMILES string of the molecule is CC(C)c1c(OC(=O)CCl)cc(C=Cc2ccccc2)cc1OC(=O)CCl. The molecule has 0 radical (unpaired) electrons. The third-order valence-corrected chi connectivity index (χ3v) is 4.07. The summed E-state index contributed by atoms with van der Waals surface area (Å²) >= 11 is 11.1. The van der Waals surface area contributed by atoms with Crippen LogP contribution in [0.15, 0.2) is 42.5 Å². The van der Waals surface area contributed by atoms with Crippen LogP contribution in [0.4, 0.5) is 0 Å². The molecule has 0 amide bonds. The van der Waals surface area contributed by atoms with Gasteiger partial charge in [-0.3, -0.25) is 9.59 Å². The van der Waals surface area contributed by atoms with Gasteiger partial charge in [0, 0.05) is 5.56 Å². The molecule has 2 rings (SSSR count). The molecule has 4 nitrogen and oxygen atoms in total. The van der Waals surface area contributed by atoms with Crippen molar-refractivity contribution in [1.82, 2.24) is 0 Å². The molecule has 0 aliphatic heterocycles. The highest BCUT2D eigenvalue weighted by atomic mass is 35.5. The molecule has 0 spiro atoms. The summed E-state index contributed by atoms with van der Waals surface area (Å²) in [5, 5.41) is 0. The Labute approximate surface area is 168 Å². The van der Waals surface area contributed by atoms with Crippen molar-refractivity contribution < 1.29 is 19.1 Å². The van der Waals surface area contributed by atoms with Crippen molar-refractivity contribution in [3.63, 3.8) is 0 Å². The summed E-state index contributed by atoms with van der Waals surface area (Å²) in [5.74, 6) is -1.17. The van der Waals surface area contributed by atoms with Crippen molar-refractivity contribution in [3.8, 4) is 11.5 Å². The summed E-state index contributed by atoms with van der Waals surface area (Å²) in [6, 6.07) is 13.2. The molecule has 6 heteroatoms. The maximum atomic E-state index is 11.7. The lowest BCUT2D eigenvalue weighted by molar-refractivity contribution is -0.132. The molecule has 0 aliphatic carbocycles. The Bertz CT molecular complexity index is 790. The van der Waals surface area contributed by atoms with Crippen molar-refractivity contribution in [2.75, 3.05) is 11.8 Å². The monoisotopic (exact) mass is 406 g/mol. The van der Waals surface area contributed by atoms with Crippen LogP contribution in [-0.2, 0) is 9.59 Å². The first-order valence-electron chi connectivity index (χ1n) is 8.39. The highest BCUT2D eigenvalue weighted by molar-refractivity contribution is 6.27. The van der Waals surface area contributed by atoms with Crippen molar-refractivity contribution in [1.29, 1.82) is 0 Å². The summed E-state index contributed by atoms with van der Waals surface area (Å²) in [4.78, 5) is 23.5. The molecular formula is C21H20Cl2O4. The maximum Gasteiger partial charge on any atom is 0.326 e. The van der Waals surface area contributed by atoms with Crippen LogP contribution in [0.3, 0.4) is 0 Å². The van der Waals surface area contributed by atoms with Crippen molar-refractivity contribution in [2.45, 2.75) is 19.8 Å². The number of rotatable bonds is 7. The molecule has 142 valence electrons. The van der Waals surface area contributed by atoms with E-state index in [1.165, 1.54) is 0 Å². The number of carbonyl (C=O) groups is 2. The first kappa shape index (κ1) is 21.0. The minimum Gasteiger partial charge on any atom is -0.425 e. The average molecular weight is 407 g/mol. The van der Waals surface area contributed by atoms with Crippen LogP contribution in [0.25, 0.3) is 12.2 Å². The number of halogens is 2. The lowest BCUT2D eigenvalue weighted by atomic mass is 9.98. The van der Waals surface area contributed by atoms with Crippen LogP contribution >= 0.6 is 23.2 Å². The van der Waals surface area contributed by atoms with E-state index in [-0.39, 0.29) is 17.7 Å². The van der Waals surface area contributed by atoms with E-state index in [1.807, 2.05) is 56.3 Å². The number of alkyl halides is 2. The van der Waals surface area contributed by atoms with Gasteiger partial charge in [0.2, 0.25) is 0 Å². The van der Waals surface area contributed by atoms with E-state index in [4.69, 9.17) is 32.7 Å². The number of ether oxygens (including phenoxy) is 2. The summed E-state index contributed by atoms with van der Waals surface area (Å²) in [5.41, 5.74) is 2.31. The molecule has 0 unspecified atom stereocenters. The fraction of sp³-hybridized carbons (Fsp3) is 0.238. The third kappa shape index (κ3) is 6.12. The van der Waals surface area contributed by atoms with E-state index in [9.17, 15) is 9.59 Å². The standard InChI is InChI=1S/C21H20Cl2O4/c1-14(2)21-17(26-19(24)12-22)10-16(11-18(21)27-20(25)13-23)9-8-15-6-4-3-5-7-15/h3-11,14H,12-13H2,1-2H3. The Kier molecular flexibility index (Phi) is 7.89. The largest absolute Gasteiger partial charge is 0.425 e. The number of hydrogen-bond acceptors (Lipinski definition) is 4. The molecule has 0 saturated heterocycles. The quantitative estimate of drug-likeness (QED) is 0.272. The molecule has 0 saturated carbocycles. The average Bonchev–Trinajstić information content (AvgIpc) is 2.66. The molecule has 0 bridgehead atoms. The summed E-state index contributed by atoms with van der Waals surface area (Å²) in [6.07, 6.45) is 3.75. The van der Waals surface area contributed by atoms with Gasteiger partial charge in [0.1, 0.15) is 23.3 Å². The lowest BCUT2D eigenvalue weighted by Gasteiger charge is -2.18. The zero-order valence-corrected chi connectivity index (χ0v) is 16.6. The zero-order valence-electron chi connectivity index (χ0n) is 15.1. The van der Waals surface area contributed by atoms with Gasteiger partial charge in [-0.1, -0.05) is 56.3 Å². The Morgan fingerprint density at radius 2 is 1.37 bits per heavy atom. The molecule has 0 atom stereocenters. The van der Waals surface area contributed by atoms with Gasteiger partial charge in [-0.2, -0.15) is 0 Å². The van der Waals surface area contributed by atoms with Gasteiger partial charge in [0.15, 0.2) is 0 Å². The lowest BCUT2D eigenvalue weighted by Crippen LogP contribution is -2.14. The molecule has 27 heavy (non-hydrogen) atoms. The number of esters is 2. The van der Waals surface area contributed by atoms with E-state index in [1.54, 1.807) is 12.1 Å². The van der Waals surface area contributed by atoms with Gasteiger partial charge in [-0.05, 0) is 29.2 Å². The van der Waals surface area contributed by atoms with Crippen molar-refractivity contribution >= 4 is 47.3 Å². The second-order valence-corrected chi connectivity index (χ2v) is 6.58. The minimum atomic E-state index is -0.586. The Morgan fingerprint density at radius 1 is 0.889 bits per heavy atom. The Balaban J connectivity index is 2.51. The summed E-state index contributed by atoms with van der Waals surface area (Å²) in [7, 11) is 0. The third-order valence-electron chi connectivity index (χ3n) is 3.64. The molecule has 2 aromatic rings. The summed E-state index contributed by atoms with van der Waals surface area (Å²) in [6.45, 7) is 3.82. The molecular weight excluding hydrogens is 387 g/mol. The van der Waals surface area contributed by atoms with Crippen molar-refractivity contribution in [3.05, 3.63) is 59.2 Å². The van der Waals surface area contributed by atoms with Gasteiger partial charge >= 0.3 is 11.9 Å². The minimum absolute atomic E-state index is 0.0617. The van der Waals surface area contributed by atoms with Crippen LogP contribution in [0.2, 0.25) is 0 Å². The van der Waals surface area contributed by atoms with Gasteiger partial charge in [0.05, 0.1) is 0 Å². The first-order chi connectivity index (χ1) is 12.9. The summed E-state index contributed by atoms with van der Waals surface area (Å²) < 4.78 is 10.8. The Hall–Kier alpha value is -2.30. The first-order valence-corrected chi connectivity index (χ1v) is 9.45. The predicted octanol–water partition coefficient (Wildman–Crippen LogP) is 5.27. The fourth-order valence-electron chi connectivity index (χ4n) is 2.51. The molecule has 0 heterocycles. The zero-order chi connectivity index (χ0) is 19.8. The second-order valence-electron chi connectivity index (χ2n) is 6.04. The van der Waals surface area contributed by atoms with E-state index in [0.29, 0.717) is 22.6 Å². The maximum absolute atomic E-state index is 11.7. The highest BCUT2D eigenvalue weighted by Crippen LogP contribution is 2.37. The Morgan fingerprint density at radius 3 is 1.81 bits per heavy atom. The normalized spacial score (nSPS) is 11.0. The van der Waals surface area contributed by atoms with Crippen LogP contribution in [-0.4, -0.2) is 23.7 Å². The molecule has 0 N–H and O–H groups in total. The van der Waals surface area contributed by atoms with Crippen LogP contribution in [0.5, 0.6) is 11.5 Å². The predicted molar refractivity (Wildman–Crippen MR) is 109 cm³/mol. The van der Waals surface area contributed by atoms with E-state index < -0.39 is 11.9 Å². The van der Waals surface area contributed by atoms with E-state index >= 15 is 0 Å². The van der Waals surface area contributed by atoms with E-state index in [2.05, 4.69) is 0 Å². The molecule has 2 aromatic carbocycles. The molecule has 0 aromatic heterocycles. The van der Waals surface area contributed by atoms with Gasteiger partial charge in [-0.15, -0.1) is 23.2 Å². The fourth-order valence-corrected chi connectivity index (χ4v) is 2.62. The van der Waals surface area contributed by atoms with Crippen molar-refractivity contribution in [2.24, 2.45) is 0 Å². The van der Waals surface area contributed by atoms with Crippen LogP contribution < -0.4 is 9.47 Å².